The minimum absolute atomic E-state index is 0.228. The normalized spacial score (nSPS) is 13.5. The Balaban J connectivity index is 1.66. The first-order valence-electron chi connectivity index (χ1n) is 8.48. The summed E-state index contributed by atoms with van der Waals surface area (Å²) in [6, 6.07) is 18.6. The Bertz CT molecular complexity index is 654. The Hall–Kier alpha value is -2.29. The molecule has 1 amide bonds. The quantitative estimate of drug-likeness (QED) is 0.837. The Morgan fingerprint density at radius 3 is 2.61 bits per heavy atom. The number of rotatable bonds is 5. The summed E-state index contributed by atoms with van der Waals surface area (Å²) in [6.07, 6.45) is 2.68. The molecule has 2 aromatic rings. The van der Waals surface area contributed by atoms with E-state index in [-0.39, 0.29) is 5.91 Å². The van der Waals surface area contributed by atoms with E-state index in [1.54, 1.807) is 0 Å². The van der Waals surface area contributed by atoms with Gasteiger partial charge in [0.2, 0.25) is 5.91 Å². The molecule has 0 saturated carbocycles. The zero-order valence-electron chi connectivity index (χ0n) is 13.7. The maximum absolute atomic E-state index is 12.7. The molecule has 0 radical (unpaired) electrons. The highest BCUT2D eigenvalue weighted by Gasteiger charge is 2.22. The van der Waals surface area contributed by atoms with Gasteiger partial charge in [-0.15, -0.1) is 0 Å². The zero-order chi connectivity index (χ0) is 16.1. The van der Waals surface area contributed by atoms with Crippen LogP contribution in [-0.2, 0) is 11.2 Å². The van der Waals surface area contributed by atoms with Gasteiger partial charge in [-0.2, -0.15) is 0 Å². The van der Waals surface area contributed by atoms with E-state index in [2.05, 4.69) is 42.2 Å². The predicted molar refractivity (Wildman–Crippen MR) is 96.1 cm³/mol. The SMILES string of the molecule is CCN(CCC(=O)N1CCCc2ccccc21)c1ccccc1. The van der Waals surface area contributed by atoms with Gasteiger partial charge in [-0.3, -0.25) is 4.79 Å². The number of fused-ring (bicyclic) bond motifs is 1. The van der Waals surface area contributed by atoms with Crippen LogP contribution in [0.5, 0.6) is 0 Å². The van der Waals surface area contributed by atoms with Gasteiger partial charge in [-0.25, -0.2) is 0 Å². The zero-order valence-corrected chi connectivity index (χ0v) is 13.7. The van der Waals surface area contributed by atoms with E-state index in [0.29, 0.717) is 6.42 Å². The topological polar surface area (TPSA) is 23.6 Å². The second-order valence-electron chi connectivity index (χ2n) is 5.94. The van der Waals surface area contributed by atoms with E-state index < -0.39 is 0 Å². The van der Waals surface area contributed by atoms with Crippen LogP contribution in [0.3, 0.4) is 0 Å². The van der Waals surface area contributed by atoms with Crippen LogP contribution < -0.4 is 9.80 Å². The largest absolute Gasteiger partial charge is 0.371 e. The molecule has 0 aliphatic carbocycles. The van der Waals surface area contributed by atoms with Crippen molar-refractivity contribution in [2.24, 2.45) is 0 Å². The maximum Gasteiger partial charge on any atom is 0.228 e. The van der Waals surface area contributed by atoms with Crippen LogP contribution in [0.15, 0.2) is 54.6 Å². The van der Waals surface area contributed by atoms with Gasteiger partial charge in [0, 0.05) is 37.4 Å². The van der Waals surface area contributed by atoms with Crippen molar-refractivity contribution in [3.63, 3.8) is 0 Å². The molecule has 0 saturated heterocycles. The van der Waals surface area contributed by atoms with Crippen LogP contribution in [-0.4, -0.2) is 25.5 Å². The van der Waals surface area contributed by atoms with Crippen molar-refractivity contribution in [3.8, 4) is 0 Å². The fourth-order valence-corrected chi connectivity index (χ4v) is 3.27. The minimum Gasteiger partial charge on any atom is -0.371 e. The van der Waals surface area contributed by atoms with E-state index in [1.807, 2.05) is 29.2 Å². The molecule has 1 aliphatic heterocycles. The van der Waals surface area contributed by atoms with Crippen LogP contribution in [0.4, 0.5) is 11.4 Å². The summed E-state index contributed by atoms with van der Waals surface area (Å²) in [7, 11) is 0. The Kier molecular flexibility index (Phi) is 4.96. The Morgan fingerprint density at radius 2 is 1.83 bits per heavy atom. The molecule has 0 atom stereocenters. The molecule has 23 heavy (non-hydrogen) atoms. The number of nitrogens with zero attached hydrogens (tertiary/aromatic N) is 2. The van der Waals surface area contributed by atoms with Crippen LogP contribution in [0.2, 0.25) is 0 Å². The van der Waals surface area contributed by atoms with Gasteiger partial charge in [-0.1, -0.05) is 36.4 Å². The van der Waals surface area contributed by atoms with Gasteiger partial charge < -0.3 is 9.80 Å². The van der Waals surface area contributed by atoms with Crippen molar-refractivity contribution >= 4 is 17.3 Å². The number of amides is 1. The summed E-state index contributed by atoms with van der Waals surface area (Å²) in [5.74, 6) is 0.228. The fraction of sp³-hybridized carbons (Fsp3) is 0.350. The van der Waals surface area contributed by atoms with Crippen LogP contribution in [0.1, 0.15) is 25.3 Å². The van der Waals surface area contributed by atoms with E-state index in [0.717, 1.165) is 38.2 Å². The van der Waals surface area contributed by atoms with Crippen LogP contribution >= 0.6 is 0 Å². The van der Waals surface area contributed by atoms with E-state index in [4.69, 9.17) is 0 Å². The molecule has 0 spiro atoms. The first-order valence-corrected chi connectivity index (χ1v) is 8.48. The van der Waals surface area contributed by atoms with Crippen molar-refractivity contribution in [1.29, 1.82) is 0 Å². The smallest absolute Gasteiger partial charge is 0.228 e. The molecule has 1 heterocycles. The lowest BCUT2D eigenvalue weighted by Crippen LogP contribution is -2.37. The fourth-order valence-electron chi connectivity index (χ4n) is 3.27. The highest BCUT2D eigenvalue weighted by molar-refractivity contribution is 5.94. The summed E-state index contributed by atoms with van der Waals surface area (Å²) in [5, 5.41) is 0. The average molecular weight is 308 g/mol. The lowest BCUT2D eigenvalue weighted by molar-refractivity contribution is -0.118. The molecule has 0 N–H and O–H groups in total. The van der Waals surface area contributed by atoms with Gasteiger partial charge in [0.15, 0.2) is 0 Å². The number of carbonyl (C=O) groups is 1. The summed E-state index contributed by atoms with van der Waals surface area (Å²) in [4.78, 5) is 16.9. The number of benzene rings is 2. The third kappa shape index (κ3) is 3.55. The lowest BCUT2D eigenvalue weighted by Gasteiger charge is -2.30. The summed E-state index contributed by atoms with van der Waals surface area (Å²) in [6.45, 7) is 4.65. The molecule has 3 heteroatoms. The predicted octanol–water partition coefficient (Wildman–Crippen LogP) is 3.88. The molecule has 3 rings (SSSR count). The number of carbonyl (C=O) groups excluding carboxylic acids is 1. The monoisotopic (exact) mass is 308 g/mol. The second kappa shape index (κ2) is 7.32. The number of hydrogen-bond acceptors (Lipinski definition) is 2. The molecule has 1 aliphatic rings. The van der Waals surface area contributed by atoms with Crippen molar-refractivity contribution < 1.29 is 4.79 Å². The minimum atomic E-state index is 0.228. The summed E-state index contributed by atoms with van der Waals surface area (Å²) >= 11 is 0. The molecule has 0 bridgehead atoms. The molecule has 0 fully saturated rings. The van der Waals surface area contributed by atoms with Crippen molar-refractivity contribution in [1.82, 2.24) is 0 Å². The van der Waals surface area contributed by atoms with Crippen molar-refractivity contribution in [2.75, 3.05) is 29.4 Å². The van der Waals surface area contributed by atoms with E-state index >= 15 is 0 Å². The Morgan fingerprint density at radius 1 is 1.09 bits per heavy atom. The number of hydrogen-bond donors (Lipinski definition) is 0. The molecule has 2 aromatic carbocycles. The lowest BCUT2D eigenvalue weighted by atomic mass is 10.0. The first kappa shape index (κ1) is 15.6. The maximum atomic E-state index is 12.7. The number of para-hydroxylation sites is 2. The molecule has 120 valence electrons. The Labute approximate surface area is 138 Å². The molecular weight excluding hydrogens is 284 g/mol. The third-order valence-electron chi connectivity index (χ3n) is 4.51. The second-order valence-corrected chi connectivity index (χ2v) is 5.94. The molecule has 0 aromatic heterocycles. The standard InChI is InChI=1S/C20H24N2O/c1-2-21(18-11-4-3-5-12-18)16-14-20(23)22-15-8-10-17-9-6-7-13-19(17)22/h3-7,9,11-13H,2,8,10,14-16H2,1H3. The highest BCUT2D eigenvalue weighted by Crippen LogP contribution is 2.27. The van der Waals surface area contributed by atoms with Crippen LogP contribution in [0, 0.1) is 0 Å². The van der Waals surface area contributed by atoms with Gasteiger partial charge in [-0.05, 0) is 43.5 Å². The third-order valence-corrected chi connectivity index (χ3v) is 4.51. The van der Waals surface area contributed by atoms with Gasteiger partial charge in [0.05, 0.1) is 0 Å². The van der Waals surface area contributed by atoms with Crippen molar-refractivity contribution in [3.05, 3.63) is 60.2 Å². The molecule has 3 nitrogen and oxygen atoms in total. The van der Waals surface area contributed by atoms with Gasteiger partial charge >= 0.3 is 0 Å². The number of aryl methyl sites for hydroxylation is 1. The van der Waals surface area contributed by atoms with Gasteiger partial charge in [0.25, 0.3) is 0 Å². The highest BCUT2D eigenvalue weighted by atomic mass is 16.2. The number of anilines is 2. The van der Waals surface area contributed by atoms with Crippen LogP contribution in [0.25, 0.3) is 0 Å². The van der Waals surface area contributed by atoms with Gasteiger partial charge in [0.1, 0.15) is 0 Å². The average Bonchev–Trinajstić information content (AvgIpc) is 2.62. The van der Waals surface area contributed by atoms with Crippen molar-refractivity contribution in [2.45, 2.75) is 26.2 Å². The summed E-state index contributed by atoms with van der Waals surface area (Å²) < 4.78 is 0. The van der Waals surface area contributed by atoms with E-state index in [1.165, 1.54) is 11.3 Å². The first-order chi connectivity index (χ1) is 11.3. The summed E-state index contributed by atoms with van der Waals surface area (Å²) in [5.41, 5.74) is 3.58. The molecule has 0 unspecified atom stereocenters. The van der Waals surface area contributed by atoms with E-state index in [9.17, 15) is 4.79 Å². The molecular formula is C20H24N2O.